The Hall–Kier alpha value is -1.29. The van der Waals surface area contributed by atoms with Crippen LogP contribution in [0, 0.1) is 0 Å². The van der Waals surface area contributed by atoms with E-state index >= 15 is 0 Å². The standard InChI is InChI=1S/C35H67O10P/c1-3-5-6-7-8-9-10-11-12-13-14-15-16-17-18-19-20-21-22-23-24-25-26-27-35(39)45-33(30-42-34(38)4-2)31-44-46(40,41)43-29-32(37)28-36/h13-14,32-33,36-37H,3-12,15-31H2,1-2H3,(H,40,41)/b14-13-. The summed E-state index contributed by atoms with van der Waals surface area (Å²) in [5, 5.41) is 18.1. The average Bonchev–Trinajstić information content (AvgIpc) is 3.05. The fourth-order valence-corrected chi connectivity index (χ4v) is 5.64. The molecule has 0 spiro atoms. The summed E-state index contributed by atoms with van der Waals surface area (Å²) in [5.41, 5.74) is 0. The first-order chi connectivity index (χ1) is 22.2. The highest BCUT2D eigenvalue weighted by Gasteiger charge is 2.27. The molecule has 3 unspecified atom stereocenters. The number of hydrogen-bond acceptors (Lipinski definition) is 9. The molecule has 0 aromatic carbocycles. The first-order valence-corrected chi connectivity index (χ1v) is 19.6. The highest BCUT2D eigenvalue weighted by atomic mass is 31.2. The number of aliphatic hydroxyl groups excluding tert-OH is 2. The van der Waals surface area contributed by atoms with E-state index in [0.717, 1.165) is 19.3 Å². The Balaban J connectivity index is 3.81. The lowest BCUT2D eigenvalue weighted by Crippen LogP contribution is -2.29. The topological polar surface area (TPSA) is 149 Å². The number of carbonyl (C=O) groups excluding carboxylic acids is 2. The molecular formula is C35H67O10P. The molecule has 0 radical (unpaired) electrons. The zero-order valence-electron chi connectivity index (χ0n) is 29.0. The van der Waals surface area contributed by atoms with E-state index < -0.39 is 51.8 Å². The molecule has 0 saturated carbocycles. The minimum absolute atomic E-state index is 0.125. The van der Waals surface area contributed by atoms with Gasteiger partial charge >= 0.3 is 19.8 Å². The van der Waals surface area contributed by atoms with Crippen LogP contribution < -0.4 is 0 Å². The summed E-state index contributed by atoms with van der Waals surface area (Å²) >= 11 is 0. The molecule has 0 aliphatic heterocycles. The molecule has 0 bridgehead atoms. The molecule has 46 heavy (non-hydrogen) atoms. The van der Waals surface area contributed by atoms with Crippen LogP contribution in [0.1, 0.15) is 162 Å². The van der Waals surface area contributed by atoms with Gasteiger partial charge in [0.1, 0.15) is 12.7 Å². The molecule has 0 aliphatic rings. The molecule has 0 heterocycles. The second kappa shape index (κ2) is 32.3. The molecule has 0 saturated heterocycles. The van der Waals surface area contributed by atoms with Crippen LogP contribution >= 0.6 is 7.82 Å². The first kappa shape index (κ1) is 44.7. The molecule has 10 nitrogen and oxygen atoms in total. The third-order valence-electron chi connectivity index (χ3n) is 7.72. The van der Waals surface area contributed by atoms with Gasteiger partial charge in [0, 0.05) is 12.8 Å². The Morgan fingerprint density at radius 3 is 1.59 bits per heavy atom. The van der Waals surface area contributed by atoms with Gasteiger partial charge in [-0.15, -0.1) is 0 Å². The molecule has 3 N–H and O–H groups in total. The van der Waals surface area contributed by atoms with E-state index in [1.807, 2.05) is 0 Å². The molecule has 0 fully saturated rings. The predicted molar refractivity (Wildman–Crippen MR) is 182 cm³/mol. The van der Waals surface area contributed by atoms with Crippen molar-refractivity contribution in [3.63, 3.8) is 0 Å². The van der Waals surface area contributed by atoms with Crippen molar-refractivity contribution in [2.75, 3.05) is 26.4 Å². The molecule has 272 valence electrons. The van der Waals surface area contributed by atoms with Crippen LogP contribution in [0.15, 0.2) is 12.2 Å². The SMILES string of the molecule is CCCCCCCCCC/C=C\CCCCCCCCCCCCCC(=O)OC(COC(=O)CC)COP(=O)(O)OCC(O)CO. The van der Waals surface area contributed by atoms with Crippen LogP contribution in [-0.4, -0.2) is 65.7 Å². The van der Waals surface area contributed by atoms with Gasteiger partial charge in [0.15, 0.2) is 6.10 Å². The number of phosphoric ester groups is 1. The number of esters is 2. The van der Waals surface area contributed by atoms with E-state index in [-0.39, 0.29) is 19.4 Å². The highest BCUT2D eigenvalue weighted by molar-refractivity contribution is 7.47. The Morgan fingerprint density at radius 2 is 1.11 bits per heavy atom. The number of aliphatic hydroxyl groups is 2. The number of ether oxygens (including phenoxy) is 2. The average molecular weight is 679 g/mol. The van der Waals surface area contributed by atoms with Crippen LogP contribution in [0.3, 0.4) is 0 Å². The van der Waals surface area contributed by atoms with Crippen molar-refractivity contribution < 1.29 is 47.8 Å². The van der Waals surface area contributed by atoms with E-state index in [0.29, 0.717) is 6.42 Å². The van der Waals surface area contributed by atoms with E-state index in [1.165, 1.54) is 109 Å². The van der Waals surface area contributed by atoms with Crippen molar-refractivity contribution >= 4 is 19.8 Å². The van der Waals surface area contributed by atoms with Crippen LogP contribution in [0.25, 0.3) is 0 Å². The van der Waals surface area contributed by atoms with E-state index in [4.69, 9.17) is 19.1 Å². The molecular weight excluding hydrogens is 611 g/mol. The van der Waals surface area contributed by atoms with Crippen molar-refractivity contribution in [2.45, 2.75) is 174 Å². The lowest BCUT2D eigenvalue weighted by atomic mass is 10.0. The maximum Gasteiger partial charge on any atom is 0.472 e. The van der Waals surface area contributed by atoms with Gasteiger partial charge in [-0.2, -0.15) is 0 Å². The van der Waals surface area contributed by atoms with Crippen molar-refractivity contribution in [3.05, 3.63) is 12.2 Å². The molecule has 0 amide bonds. The summed E-state index contributed by atoms with van der Waals surface area (Å²) in [5.74, 6) is -1.02. The summed E-state index contributed by atoms with van der Waals surface area (Å²) in [6, 6.07) is 0. The van der Waals surface area contributed by atoms with Gasteiger partial charge < -0.3 is 24.6 Å². The molecule has 3 atom stereocenters. The Kier molecular flexibility index (Phi) is 31.4. The van der Waals surface area contributed by atoms with E-state index in [9.17, 15) is 24.2 Å². The number of allylic oxidation sites excluding steroid dienone is 2. The van der Waals surface area contributed by atoms with E-state index in [1.54, 1.807) is 6.92 Å². The summed E-state index contributed by atoms with van der Waals surface area (Å²) in [6.07, 6.45) is 28.8. The van der Waals surface area contributed by atoms with Crippen LogP contribution in [-0.2, 0) is 32.7 Å². The maximum atomic E-state index is 12.3. The Morgan fingerprint density at radius 1 is 0.652 bits per heavy atom. The normalized spacial score (nSPS) is 14.3. The molecule has 0 aliphatic carbocycles. The third-order valence-corrected chi connectivity index (χ3v) is 8.67. The van der Waals surface area contributed by atoms with Gasteiger partial charge in [-0.05, 0) is 32.1 Å². The van der Waals surface area contributed by atoms with Gasteiger partial charge in [-0.25, -0.2) is 4.57 Å². The second-order valence-corrected chi connectivity index (χ2v) is 13.7. The number of hydrogen-bond donors (Lipinski definition) is 3. The van der Waals surface area contributed by atoms with Crippen molar-refractivity contribution in [2.24, 2.45) is 0 Å². The summed E-state index contributed by atoms with van der Waals surface area (Å²) in [7, 11) is -4.58. The smallest absolute Gasteiger partial charge is 0.462 e. The minimum atomic E-state index is -4.58. The van der Waals surface area contributed by atoms with Gasteiger partial charge in [-0.1, -0.05) is 129 Å². The summed E-state index contributed by atoms with van der Waals surface area (Å²) < 4.78 is 31.7. The minimum Gasteiger partial charge on any atom is -0.462 e. The maximum absolute atomic E-state index is 12.3. The van der Waals surface area contributed by atoms with Crippen molar-refractivity contribution in [1.29, 1.82) is 0 Å². The quantitative estimate of drug-likeness (QED) is 0.0262. The second-order valence-electron chi connectivity index (χ2n) is 12.2. The number of unbranched alkanes of at least 4 members (excludes halogenated alkanes) is 19. The Bertz CT molecular complexity index is 791. The zero-order valence-corrected chi connectivity index (χ0v) is 29.9. The molecule has 0 aromatic rings. The van der Waals surface area contributed by atoms with Gasteiger partial charge in [-0.3, -0.25) is 18.6 Å². The highest BCUT2D eigenvalue weighted by Crippen LogP contribution is 2.43. The molecule has 0 rings (SSSR count). The molecule has 0 aromatic heterocycles. The first-order valence-electron chi connectivity index (χ1n) is 18.1. The monoisotopic (exact) mass is 678 g/mol. The lowest BCUT2D eigenvalue weighted by molar-refractivity contribution is -0.161. The molecule has 11 heteroatoms. The van der Waals surface area contributed by atoms with Gasteiger partial charge in [0.05, 0.1) is 19.8 Å². The van der Waals surface area contributed by atoms with Crippen molar-refractivity contribution in [1.82, 2.24) is 0 Å². The number of carbonyl (C=O) groups is 2. The lowest BCUT2D eigenvalue weighted by Gasteiger charge is -2.20. The van der Waals surface area contributed by atoms with Crippen LogP contribution in [0.2, 0.25) is 0 Å². The Labute approximate surface area is 279 Å². The van der Waals surface area contributed by atoms with Gasteiger partial charge in [0.25, 0.3) is 0 Å². The fraction of sp³-hybridized carbons (Fsp3) is 0.886. The fourth-order valence-electron chi connectivity index (χ4n) is 4.85. The number of phosphoric acid groups is 1. The summed E-state index contributed by atoms with van der Waals surface area (Å²) in [4.78, 5) is 33.6. The van der Waals surface area contributed by atoms with Crippen LogP contribution in [0.5, 0.6) is 0 Å². The van der Waals surface area contributed by atoms with Crippen molar-refractivity contribution in [3.8, 4) is 0 Å². The predicted octanol–water partition coefficient (Wildman–Crippen LogP) is 8.50. The zero-order chi connectivity index (χ0) is 34.1. The number of rotatable bonds is 34. The van der Waals surface area contributed by atoms with E-state index in [2.05, 4.69) is 23.6 Å². The van der Waals surface area contributed by atoms with Crippen LogP contribution in [0.4, 0.5) is 0 Å². The third kappa shape index (κ3) is 31.3. The summed E-state index contributed by atoms with van der Waals surface area (Å²) in [6.45, 7) is 1.75. The largest absolute Gasteiger partial charge is 0.472 e. The van der Waals surface area contributed by atoms with Gasteiger partial charge in [0.2, 0.25) is 0 Å².